The van der Waals surface area contributed by atoms with Crippen molar-refractivity contribution in [3.63, 3.8) is 0 Å². The second kappa shape index (κ2) is 4.01. The van der Waals surface area contributed by atoms with Crippen LogP contribution < -0.4 is 11.2 Å². The highest BCUT2D eigenvalue weighted by molar-refractivity contribution is 5.97. The molecule has 0 aliphatic carbocycles. The molecule has 76 valence electrons. The summed E-state index contributed by atoms with van der Waals surface area (Å²) in [6, 6.07) is 1.04. The van der Waals surface area contributed by atoms with Crippen LogP contribution in [0.1, 0.15) is 10.4 Å². The van der Waals surface area contributed by atoms with Crippen LogP contribution in [0.15, 0.2) is 12.3 Å². The van der Waals surface area contributed by atoms with Crippen molar-refractivity contribution in [2.75, 3.05) is 19.8 Å². The predicted molar refractivity (Wildman–Crippen MR) is 49.8 cm³/mol. The van der Waals surface area contributed by atoms with Crippen LogP contribution >= 0.6 is 0 Å². The van der Waals surface area contributed by atoms with Crippen LogP contribution in [0.5, 0.6) is 0 Å². The summed E-state index contributed by atoms with van der Waals surface area (Å²) in [5.41, 5.74) is 7.87. The van der Waals surface area contributed by atoms with Crippen LogP contribution in [-0.2, 0) is 0 Å². The molecule has 1 rings (SSSR count). The van der Waals surface area contributed by atoms with Gasteiger partial charge in [0.1, 0.15) is 11.6 Å². The van der Waals surface area contributed by atoms with Gasteiger partial charge in [-0.05, 0) is 6.07 Å². The molecule has 0 radical (unpaired) electrons. The Morgan fingerprint density at radius 1 is 1.64 bits per heavy atom. The summed E-state index contributed by atoms with van der Waals surface area (Å²) < 4.78 is 12.7. The topological polar surface area (TPSA) is 71.2 Å². The lowest BCUT2D eigenvalue weighted by atomic mass is 10.2. The number of nitrogen functional groups attached to an aromatic ring is 1. The predicted octanol–water partition coefficient (Wildman–Crippen LogP) is 0.00930. The Morgan fingerprint density at radius 2 is 2.29 bits per heavy atom. The van der Waals surface area contributed by atoms with Crippen molar-refractivity contribution in [2.45, 2.75) is 0 Å². The highest BCUT2D eigenvalue weighted by Gasteiger charge is 2.11. The van der Waals surface area contributed by atoms with E-state index in [1.165, 1.54) is 5.01 Å². The molecule has 0 aliphatic heterocycles. The summed E-state index contributed by atoms with van der Waals surface area (Å²) in [6.45, 7) is 0. The van der Waals surface area contributed by atoms with E-state index in [4.69, 9.17) is 5.73 Å². The third-order valence-corrected chi connectivity index (χ3v) is 1.45. The lowest BCUT2D eigenvalue weighted by Crippen LogP contribution is -2.36. The lowest BCUT2D eigenvalue weighted by molar-refractivity contribution is 0.0857. The Labute approximate surface area is 80.7 Å². The Balaban J connectivity index is 2.94. The van der Waals surface area contributed by atoms with Crippen LogP contribution in [-0.4, -0.2) is 30.0 Å². The quantitative estimate of drug-likeness (QED) is 0.657. The minimum atomic E-state index is -0.594. The van der Waals surface area contributed by atoms with Gasteiger partial charge in [0.15, 0.2) is 0 Å². The highest BCUT2D eigenvalue weighted by atomic mass is 19.1. The first kappa shape index (κ1) is 10.4. The Morgan fingerprint density at radius 3 is 2.86 bits per heavy atom. The fraction of sp³-hybridized carbons (Fsp3) is 0.250. The van der Waals surface area contributed by atoms with Crippen molar-refractivity contribution in [1.29, 1.82) is 0 Å². The second-order valence-corrected chi connectivity index (χ2v) is 2.92. The molecule has 0 atom stereocenters. The number of hydrazine groups is 1. The van der Waals surface area contributed by atoms with Gasteiger partial charge in [0.25, 0.3) is 5.91 Å². The van der Waals surface area contributed by atoms with Gasteiger partial charge < -0.3 is 5.73 Å². The fourth-order valence-electron chi connectivity index (χ4n) is 0.895. The average Bonchev–Trinajstić information content (AvgIpc) is 2.08. The number of carbonyl (C=O) groups is 1. The molecule has 1 aromatic heterocycles. The number of rotatable bonds is 2. The van der Waals surface area contributed by atoms with E-state index in [1.54, 1.807) is 14.1 Å². The molecule has 0 bridgehead atoms. The van der Waals surface area contributed by atoms with Gasteiger partial charge in [-0.15, -0.1) is 0 Å². The van der Waals surface area contributed by atoms with E-state index >= 15 is 0 Å². The highest BCUT2D eigenvalue weighted by Crippen LogP contribution is 2.09. The monoisotopic (exact) mass is 198 g/mol. The smallest absolute Gasteiger partial charge is 0.269 e. The first-order chi connectivity index (χ1) is 6.50. The maximum absolute atomic E-state index is 12.7. The number of anilines is 1. The van der Waals surface area contributed by atoms with Crippen molar-refractivity contribution in [3.8, 4) is 0 Å². The van der Waals surface area contributed by atoms with E-state index in [9.17, 15) is 9.18 Å². The molecule has 0 aromatic carbocycles. The van der Waals surface area contributed by atoms with Gasteiger partial charge in [0, 0.05) is 14.1 Å². The number of pyridine rings is 1. The molecule has 3 N–H and O–H groups in total. The van der Waals surface area contributed by atoms with E-state index in [-0.39, 0.29) is 11.4 Å². The van der Waals surface area contributed by atoms with Crippen molar-refractivity contribution in [3.05, 3.63) is 23.6 Å². The zero-order valence-corrected chi connectivity index (χ0v) is 7.91. The number of nitrogens with zero attached hydrogens (tertiary/aromatic N) is 2. The summed E-state index contributed by atoms with van der Waals surface area (Å²) in [5.74, 6) is -1.08. The van der Waals surface area contributed by atoms with Gasteiger partial charge in [-0.2, -0.15) is 0 Å². The van der Waals surface area contributed by atoms with Gasteiger partial charge in [-0.25, -0.2) is 14.4 Å². The first-order valence-corrected chi connectivity index (χ1v) is 3.90. The average molecular weight is 198 g/mol. The van der Waals surface area contributed by atoms with Crippen LogP contribution in [0, 0.1) is 5.82 Å². The molecular weight excluding hydrogens is 187 g/mol. The second-order valence-electron chi connectivity index (χ2n) is 2.92. The van der Waals surface area contributed by atoms with Crippen molar-refractivity contribution >= 4 is 11.7 Å². The minimum Gasteiger partial charge on any atom is -0.383 e. The molecule has 6 heteroatoms. The number of carbonyl (C=O) groups excluding carboxylic acids is 1. The van der Waals surface area contributed by atoms with E-state index in [2.05, 4.69) is 10.4 Å². The van der Waals surface area contributed by atoms with Crippen LogP contribution in [0.25, 0.3) is 0 Å². The van der Waals surface area contributed by atoms with E-state index in [0.717, 1.165) is 12.3 Å². The third kappa shape index (κ3) is 2.40. The molecule has 1 amide bonds. The van der Waals surface area contributed by atoms with Crippen molar-refractivity contribution in [2.24, 2.45) is 0 Å². The minimum absolute atomic E-state index is 0.00532. The number of amides is 1. The van der Waals surface area contributed by atoms with Crippen LogP contribution in [0.2, 0.25) is 0 Å². The third-order valence-electron chi connectivity index (χ3n) is 1.45. The largest absolute Gasteiger partial charge is 0.383 e. The van der Waals surface area contributed by atoms with Gasteiger partial charge in [0.05, 0.1) is 11.8 Å². The number of hydrogen-bond donors (Lipinski definition) is 2. The first-order valence-electron chi connectivity index (χ1n) is 3.90. The number of nitrogens with one attached hydrogen (secondary N) is 1. The molecule has 0 saturated heterocycles. The maximum Gasteiger partial charge on any atom is 0.269 e. The zero-order chi connectivity index (χ0) is 10.7. The van der Waals surface area contributed by atoms with E-state index in [0.29, 0.717) is 0 Å². The number of aromatic nitrogens is 1. The van der Waals surface area contributed by atoms with Gasteiger partial charge in [0.2, 0.25) is 0 Å². The van der Waals surface area contributed by atoms with E-state index < -0.39 is 11.7 Å². The van der Waals surface area contributed by atoms with Crippen LogP contribution in [0.3, 0.4) is 0 Å². The summed E-state index contributed by atoms with van der Waals surface area (Å²) in [5, 5.41) is 1.44. The number of halogens is 1. The molecule has 1 heterocycles. The molecule has 0 spiro atoms. The molecule has 14 heavy (non-hydrogen) atoms. The van der Waals surface area contributed by atoms with Crippen molar-refractivity contribution < 1.29 is 9.18 Å². The molecule has 0 saturated carbocycles. The summed E-state index contributed by atoms with van der Waals surface area (Å²) in [7, 11) is 3.28. The van der Waals surface area contributed by atoms with Crippen LogP contribution in [0.4, 0.5) is 10.2 Å². The zero-order valence-electron chi connectivity index (χ0n) is 7.91. The maximum atomic E-state index is 12.7. The lowest BCUT2D eigenvalue weighted by Gasteiger charge is -2.12. The number of nitrogens with two attached hydrogens (primary N) is 1. The normalized spacial score (nSPS) is 10.3. The van der Waals surface area contributed by atoms with Crippen molar-refractivity contribution in [1.82, 2.24) is 15.4 Å². The fourth-order valence-corrected chi connectivity index (χ4v) is 0.895. The molecular formula is C8H11FN4O. The molecule has 1 aromatic rings. The Hall–Kier alpha value is -1.69. The van der Waals surface area contributed by atoms with Gasteiger partial charge >= 0.3 is 0 Å². The number of hydrogen-bond acceptors (Lipinski definition) is 4. The summed E-state index contributed by atoms with van der Waals surface area (Å²) in [4.78, 5) is 14.9. The summed E-state index contributed by atoms with van der Waals surface area (Å²) >= 11 is 0. The Bertz CT molecular complexity index is 353. The standard InChI is InChI=1S/C8H11FN4O/c1-13(2)12-8(14)6-3-5(9)4-11-7(6)10/h3-4H,1-2H3,(H2,10,11)(H,12,14). The van der Waals surface area contributed by atoms with Gasteiger partial charge in [-0.3, -0.25) is 10.2 Å². The molecule has 0 unspecified atom stereocenters. The Kier molecular flexibility index (Phi) is 2.98. The van der Waals surface area contributed by atoms with E-state index in [1.807, 2.05) is 0 Å². The molecule has 0 aliphatic rings. The van der Waals surface area contributed by atoms with Gasteiger partial charge in [-0.1, -0.05) is 0 Å². The SMILES string of the molecule is CN(C)NC(=O)c1cc(F)cnc1N. The summed E-state index contributed by atoms with van der Waals surface area (Å²) in [6.07, 6.45) is 0.960. The molecule has 0 fully saturated rings. The molecule has 5 nitrogen and oxygen atoms in total.